The maximum absolute atomic E-state index is 12.7. The Balaban J connectivity index is 1.46. The molecular formula is C52H42N2O2. The summed E-state index contributed by atoms with van der Waals surface area (Å²) in [4.78, 5) is 29.6. The smallest absolute Gasteiger partial charge is 0.178 e. The van der Waals surface area contributed by atoms with Crippen LogP contribution < -0.4 is 9.80 Å². The van der Waals surface area contributed by atoms with E-state index < -0.39 is 0 Å². The average molecular weight is 727 g/mol. The Morgan fingerprint density at radius 3 is 1.12 bits per heavy atom. The van der Waals surface area contributed by atoms with Gasteiger partial charge < -0.3 is 9.80 Å². The van der Waals surface area contributed by atoms with Crippen LogP contribution >= 0.6 is 0 Å². The quantitative estimate of drug-likeness (QED) is 0.171. The summed E-state index contributed by atoms with van der Waals surface area (Å²) in [6.45, 7) is 0. The Kier molecular flexibility index (Phi) is 8.82. The summed E-state index contributed by atoms with van der Waals surface area (Å²) in [5.74, 6) is -0.460. The fraction of sp³-hybridized carbons (Fsp3) is 0.115. The first-order valence-electron chi connectivity index (χ1n) is 19.1. The lowest BCUT2D eigenvalue weighted by Gasteiger charge is -2.41. The van der Waals surface area contributed by atoms with Crippen LogP contribution in [0.1, 0.15) is 34.1 Å². The fourth-order valence-corrected chi connectivity index (χ4v) is 8.86. The van der Waals surface area contributed by atoms with E-state index in [1.807, 2.05) is 24.3 Å². The molecule has 0 unspecified atom stereocenters. The lowest BCUT2D eigenvalue weighted by Crippen LogP contribution is -2.23. The first-order chi connectivity index (χ1) is 27.3. The molecule has 4 nitrogen and oxygen atoms in total. The number of anilines is 2. The van der Waals surface area contributed by atoms with Gasteiger partial charge in [-0.25, -0.2) is 0 Å². The molecule has 0 fully saturated rings. The molecule has 4 heteroatoms. The topological polar surface area (TPSA) is 40.6 Å². The number of hydrogen-bond donors (Lipinski definition) is 0. The van der Waals surface area contributed by atoms with E-state index in [0.717, 1.165) is 44.8 Å². The van der Waals surface area contributed by atoms with Crippen molar-refractivity contribution in [2.24, 2.45) is 0 Å². The first-order valence-corrected chi connectivity index (χ1v) is 19.1. The largest absolute Gasteiger partial charge is 0.378 e. The number of fused-ring (bicyclic) bond motifs is 7. The molecule has 3 aliphatic rings. The number of hydrogen-bond acceptors (Lipinski definition) is 4. The van der Waals surface area contributed by atoms with Gasteiger partial charge in [0.05, 0.1) is 0 Å². The molecule has 3 aliphatic carbocycles. The summed E-state index contributed by atoms with van der Waals surface area (Å²) < 4.78 is 0. The molecule has 0 aromatic heterocycles. The van der Waals surface area contributed by atoms with Crippen molar-refractivity contribution in [1.82, 2.24) is 0 Å². The van der Waals surface area contributed by atoms with Gasteiger partial charge in [0.15, 0.2) is 11.6 Å². The van der Waals surface area contributed by atoms with Crippen LogP contribution in [-0.2, 0) is 9.59 Å². The van der Waals surface area contributed by atoms with Gasteiger partial charge in [0.1, 0.15) is 0 Å². The Labute approximate surface area is 328 Å². The monoisotopic (exact) mass is 726 g/mol. The molecule has 0 bridgehead atoms. The molecule has 272 valence electrons. The Morgan fingerprint density at radius 2 is 0.768 bits per heavy atom. The van der Waals surface area contributed by atoms with E-state index in [2.05, 4.69) is 159 Å². The highest BCUT2D eigenvalue weighted by Crippen LogP contribution is 2.60. The molecule has 56 heavy (non-hydrogen) atoms. The Morgan fingerprint density at radius 1 is 0.411 bits per heavy atom. The van der Waals surface area contributed by atoms with Gasteiger partial charge >= 0.3 is 0 Å². The molecule has 2 atom stereocenters. The van der Waals surface area contributed by atoms with Gasteiger partial charge in [-0.2, -0.15) is 0 Å². The maximum Gasteiger partial charge on any atom is 0.178 e. The summed E-state index contributed by atoms with van der Waals surface area (Å²) in [6, 6.07) is 44.2. The van der Waals surface area contributed by atoms with Crippen molar-refractivity contribution in [2.45, 2.75) is 11.8 Å². The van der Waals surface area contributed by atoms with Gasteiger partial charge in [-0.05, 0) is 126 Å². The minimum absolute atomic E-state index is 0.0228. The van der Waals surface area contributed by atoms with Crippen molar-refractivity contribution in [1.29, 1.82) is 0 Å². The third-order valence-electron chi connectivity index (χ3n) is 11.5. The van der Waals surface area contributed by atoms with Gasteiger partial charge in [0, 0.05) is 51.4 Å². The van der Waals surface area contributed by atoms with E-state index in [1.54, 1.807) is 24.3 Å². The summed E-state index contributed by atoms with van der Waals surface area (Å²) in [5.41, 5.74) is 13.6. The zero-order valence-electron chi connectivity index (χ0n) is 32.0. The molecular weight excluding hydrogens is 685 g/mol. The van der Waals surface area contributed by atoms with Gasteiger partial charge in [-0.15, -0.1) is 0 Å². The van der Waals surface area contributed by atoms with E-state index in [4.69, 9.17) is 0 Å². The van der Waals surface area contributed by atoms with Crippen LogP contribution in [0.4, 0.5) is 11.4 Å². The second kappa shape index (κ2) is 14.1. The zero-order chi connectivity index (χ0) is 38.5. The van der Waals surface area contributed by atoms with Crippen LogP contribution in [0.3, 0.4) is 0 Å². The van der Waals surface area contributed by atoms with Crippen molar-refractivity contribution >= 4 is 55.6 Å². The SMILES string of the molecule is CN(C)c1ccc(C(=C2C=CC(=O)C=C2)[C@@H]2c3ccc4ccccc4c3-c3c(ccc4ccccc34)[C@H]2C(=C2C=CC(=O)C=C2)c2ccc(N(C)C)cc2)cc1. The molecule has 6 aromatic rings. The number of nitrogens with zero attached hydrogens (tertiary/aromatic N) is 2. The van der Waals surface area contributed by atoms with Crippen molar-refractivity contribution in [3.8, 4) is 11.1 Å². The lowest BCUT2D eigenvalue weighted by atomic mass is 9.61. The second-order valence-electron chi connectivity index (χ2n) is 15.2. The number of carbonyl (C=O) groups excluding carboxylic acids is 2. The predicted molar refractivity (Wildman–Crippen MR) is 234 cm³/mol. The van der Waals surface area contributed by atoms with Gasteiger partial charge in [0.25, 0.3) is 0 Å². The van der Waals surface area contributed by atoms with E-state index in [1.165, 1.54) is 43.8 Å². The van der Waals surface area contributed by atoms with Crippen molar-refractivity contribution in [3.63, 3.8) is 0 Å². The minimum atomic E-state index is -0.207. The summed E-state index contributed by atoms with van der Waals surface area (Å²) >= 11 is 0. The molecule has 0 aliphatic heterocycles. The van der Waals surface area contributed by atoms with E-state index in [-0.39, 0.29) is 23.4 Å². The third kappa shape index (κ3) is 6.04. The molecule has 6 aromatic carbocycles. The molecule has 0 N–H and O–H groups in total. The van der Waals surface area contributed by atoms with Crippen LogP contribution in [0.5, 0.6) is 0 Å². The second-order valence-corrected chi connectivity index (χ2v) is 15.2. The highest BCUT2D eigenvalue weighted by atomic mass is 16.1. The molecule has 9 rings (SSSR count). The fourth-order valence-electron chi connectivity index (χ4n) is 8.86. The average Bonchev–Trinajstić information content (AvgIpc) is 3.23. The summed E-state index contributed by atoms with van der Waals surface area (Å²) in [6.07, 6.45) is 14.7. The highest BCUT2D eigenvalue weighted by molar-refractivity contribution is 6.12. The number of allylic oxidation sites excluding steroid dienone is 12. The first kappa shape index (κ1) is 35.0. The number of carbonyl (C=O) groups is 2. The molecule has 0 spiro atoms. The Bertz CT molecular complexity index is 2540. The summed E-state index contributed by atoms with van der Waals surface area (Å²) in [7, 11) is 8.23. The van der Waals surface area contributed by atoms with E-state index in [0.29, 0.717) is 0 Å². The maximum atomic E-state index is 12.7. The molecule has 0 saturated heterocycles. The van der Waals surface area contributed by atoms with E-state index >= 15 is 0 Å². The normalized spacial score (nSPS) is 17.0. The van der Waals surface area contributed by atoms with Crippen LogP contribution in [0, 0.1) is 0 Å². The number of rotatable bonds is 6. The van der Waals surface area contributed by atoms with Gasteiger partial charge in [-0.1, -0.05) is 121 Å². The van der Waals surface area contributed by atoms with Crippen molar-refractivity contribution in [2.75, 3.05) is 38.0 Å². The van der Waals surface area contributed by atoms with Crippen LogP contribution in [0.2, 0.25) is 0 Å². The minimum Gasteiger partial charge on any atom is -0.378 e. The van der Waals surface area contributed by atoms with Crippen LogP contribution in [-0.4, -0.2) is 39.8 Å². The summed E-state index contributed by atoms with van der Waals surface area (Å²) in [5, 5.41) is 4.78. The molecule has 0 saturated carbocycles. The lowest BCUT2D eigenvalue weighted by molar-refractivity contribution is -0.111. The Hall–Kier alpha value is -6.78. The number of benzene rings is 6. The van der Waals surface area contributed by atoms with Crippen molar-refractivity contribution in [3.05, 3.63) is 203 Å². The van der Waals surface area contributed by atoms with Crippen LogP contribution in [0.25, 0.3) is 43.8 Å². The third-order valence-corrected chi connectivity index (χ3v) is 11.5. The molecule has 0 radical (unpaired) electrons. The standard InChI is InChI=1S/C52H42N2O2/c1-53(2)39-23-13-35(14-24-39)47(37-17-27-41(55)28-18-37)51-45-31-21-33-9-5-7-11-43(33)49(45)50-44-12-8-6-10-34(44)22-32-46(50)52(51)48(38-19-29-42(56)30-20-38)36-15-25-40(26-16-36)54(3)4/h5-32,51-52H,1-4H3/t51-,52-/m0/s1. The zero-order valence-corrected chi connectivity index (χ0v) is 32.0. The van der Waals surface area contributed by atoms with Gasteiger partial charge in [-0.3, -0.25) is 9.59 Å². The van der Waals surface area contributed by atoms with E-state index in [9.17, 15) is 9.59 Å². The predicted octanol–water partition coefficient (Wildman–Crippen LogP) is 11.3. The van der Waals surface area contributed by atoms with Gasteiger partial charge in [0.2, 0.25) is 0 Å². The van der Waals surface area contributed by atoms with Crippen LogP contribution in [0.15, 0.2) is 181 Å². The molecule has 0 heterocycles. The van der Waals surface area contributed by atoms with Crippen molar-refractivity contribution < 1.29 is 9.59 Å². The highest BCUT2D eigenvalue weighted by Gasteiger charge is 2.42. The number of ketones is 2. The molecule has 0 amide bonds.